The molecule has 0 aliphatic heterocycles. The van der Waals surface area contributed by atoms with Gasteiger partial charge in [0, 0.05) is 7.11 Å². The number of hydrogen-bond acceptors (Lipinski definition) is 3. The van der Waals surface area contributed by atoms with Crippen molar-refractivity contribution < 1.29 is 9.57 Å². The van der Waals surface area contributed by atoms with Crippen LogP contribution >= 0.6 is 0 Å². The Bertz CT molecular complexity index is 330. The van der Waals surface area contributed by atoms with Crippen LogP contribution in [-0.2, 0) is 22.6 Å². The first-order valence-corrected chi connectivity index (χ1v) is 5.73. The summed E-state index contributed by atoms with van der Waals surface area (Å²) < 4.78 is 5.50. The Morgan fingerprint density at radius 2 is 1.81 bits per heavy atom. The lowest BCUT2D eigenvalue weighted by Crippen LogP contribution is -2.12. The van der Waals surface area contributed by atoms with Crippen molar-refractivity contribution in [1.29, 1.82) is 0 Å². The molecule has 2 N–H and O–H groups in total. The molecular weight excluding hydrogens is 202 g/mol. The van der Waals surface area contributed by atoms with Crippen LogP contribution in [0.2, 0.25) is 0 Å². The molecule has 1 aliphatic rings. The van der Waals surface area contributed by atoms with E-state index in [1.54, 1.807) is 0 Å². The van der Waals surface area contributed by atoms with E-state index < -0.39 is 0 Å². The van der Waals surface area contributed by atoms with Crippen molar-refractivity contribution in [3.8, 4) is 0 Å². The monoisotopic (exact) mass is 221 g/mol. The molecule has 1 fully saturated rings. The van der Waals surface area contributed by atoms with Gasteiger partial charge in [-0.1, -0.05) is 24.3 Å². The van der Waals surface area contributed by atoms with Gasteiger partial charge >= 0.3 is 0 Å². The minimum absolute atomic E-state index is 0.193. The Hall–Kier alpha value is -0.900. The molecule has 0 bridgehead atoms. The predicted molar refractivity (Wildman–Crippen MR) is 62.7 cm³/mol. The fraction of sp³-hybridized carbons (Fsp3) is 0.538. The SMILES string of the molecule is COC1(CCc2ccc(CON)cc2)CC1. The van der Waals surface area contributed by atoms with Crippen molar-refractivity contribution >= 4 is 0 Å². The highest BCUT2D eigenvalue weighted by Gasteiger charge is 2.42. The summed E-state index contributed by atoms with van der Waals surface area (Å²) in [6.07, 6.45) is 4.62. The van der Waals surface area contributed by atoms with Crippen LogP contribution in [-0.4, -0.2) is 12.7 Å². The zero-order chi connectivity index (χ0) is 11.4. The van der Waals surface area contributed by atoms with Crippen molar-refractivity contribution in [3.05, 3.63) is 35.4 Å². The third-order valence-corrected chi connectivity index (χ3v) is 3.38. The van der Waals surface area contributed by atoms with Crippen LogP contribution in [0.1, 0.15) is 30.4 Å². The molecule has 0 amide bonds. The Morgan fingerprint density at radius 1 is 1.19 bits per heavy atom. The number of hydrogen-bond donors (Lipinski definition) is 1. The maximum Gasteiger partial charge on any atom is 0.0930 e. The van der Waals surface area contributed by atoms with E-state index >= 15 is 0 Å². The van der Waals surface area contributed by atoms with Crippen molar-refractivity contribution in [2.24, 2.45) is 5.90 Å². The fourth-order valence-corrected chi connectivity index (χ4v) is 1.97. The van der Waals surface area contributed by atoms with E-state index in [9.17, 15) is 0 Å². The van der Waals surface area contributed by atoms with Crippen molar-refractivity contribution in [1.82, 2.24) is 0 Å². The average molecular weight is 221 g/mol. The number of methoxy groups -OCH3 is 1. The van der Waals surface area contributed by atoms with E-state index in [-0.39, 0.29) is 5.60 Å². The van der Waals surface area contributed by atoms with Crippen molar-refractivity contribution in [3.63, 3.8) is 0 Å². The van der Waals surface area contributed by atoms with Gasteiger partial charge in [0.2, 0.25) is 0 Å². The topological polar surface area (TPSA) is 44.5 Å². The lowest BCUT2D eigenvalue weighted by Gasteiger charge is -2.12. The molecule has 1 aromatic rings. The molecule has 3 nitrogen and oxygen atoms in total. The number of ether oxygens (including phenoxy) is 1. The van der Waals surface area contributed by atoms with Crippen LogP contribution in [0.5, 0.6) is 0 Å². The normalized spacial score (nSPS) is 17.4. The van der Waals surface area contributed by atoms with E-state index in [1.165, 1.54) is 18.4 Å². The van der Waals surface area contributed by atoms with Crippen LogP contribution in [0, 0.1) is 0 Å². The van der Waals surface area contributed by atoms with Gasteiger partial charge in [-0.15, -0.1) is 0 Å². The van der Waals surface area contributed by atoms with Crippen LogP contribution in [0.25, 0.3) is 0 Å². The molecule has 16 heavy (non-hydrogen) atoms. The molecule has 2 rings (SSSR count). The standard InChI is InChI=1S/C13H19NO2/c1-15-13(8-9-13)7-6-11-2-4-12(5-3-11)10-16-14/h2-5H,6-10,14H2,1H3. The summed E-state index contributed by atoms with van der Waals surface area (Å²) in [6, 6.07) is 8.41. The number of rotatable bonds is 6. The molecule has 1 saturated carbocycles. The van der Waals surface area contributed by atoms with Gasteiger partial charge in [0.25, 0.3) is 0 Å². The van der Waals surface area contributed by atoms with E-state index in [1.807, 2.05) is 7.11 Å². The summed E-state index contributed by atoms with van der Waals surface area (Å²) >= 11 is 0. The van der Waals surface area contributed by atoms with Gasteiger partial charge in [-0.3, -0.25) is 4.84 Å². The summed E-state index contributed by atoms with van der Waals surface area (Å²) in [6.45, 7) is 0.474. The van der Waals surface area contributed by atoms with Crippen LogP contribution in [0.3, 0.4) is 0 Å². The molecule has 0 heterocycles. The molecular formula is C13H19NO2. The zero-order valence-electron chi connectivity index (χ0n) is 9.74. The van der Waals surface area contributed by atoms with E-state index in [2.05, 4.69) is 29.1 Å². The molecule has 0 spiro atoms. The molecule has 0 saturated heterocycles. The lowest BCUT2D eigenvalue weighted by atomic mass is 10.0. The summed E-state index contributed by atoms with van der Waals surface area (Å²) in [7, 11) is 1.81. The fourth-order valence-electron chi connectivity index (χ4n) is 1.97. The van der Waals surface area contributed by atoms with E-state index in [4.69, 9.17) is 10.6 Å². The first kappa shape index (κ1) is 11.6. The second kappa shape index (κ2) is 4.95. The Balaban J connectivity index is 1.85. The number of benzene rings is 1. The quantitative estimate of drug-likeness (QED) is 0.749. The third kappa shape index (κ3) is 2.82. The highest BCUT2D eigenvalue weighted by molar-refractivity contribution is 5.22. The zero-order valence-corrected chi connectivity index (χ0v) is 9.74. The molecule has 88 valence electrons. The maximum absolute atomic E-state index is 5.50. The lowest BCUT2D eigenvalue weighted by molar-refractivity contribution is 0.0731. The van der Waals surface area contributed by atoms with Gasteiger partial charge in [-0.2, -0.15) is 0 Å². The molecule has 0 atom stereocenters. The Kier molecular flexibility index (Phi) is 3.59. The summed E-state index contributed by atoms with van der Waals surface area (Å²) in [4.78, 5) is 4.59. The molecule has 3 heteroatoms. The minimum atomic E-state index is 0.193. The number of nitrogens with two attached hydrogens (primary N) is 1. The highest BCUT2D eigenvalue weighted by Crippen LogP contribution is 2.42. The summed E-state index contributed by atoms with van der Waals surface area (Å²) in [5, 5.41) is 0. The first-order chi connectivity index (χ1) is 7.78. The van der Waals surface area contributed by atoms with Crippen LogP contribution in [0.4, 0.5) is 0 Å². The van der Waals surface area contributed by atoms with Gasteiger partial charge in [0.1, 0.15) is 0 Å². The van der Waals surface area contributed by atoms with Crippen molar-refractivity contribution in [2.45, 2.75) is 37.9 Å². The smallest absolute Gasteiger partial charge is 0.0930 e. The first-order valence-electron chi connectivity index (χ1n) is 5.73. The average Bonchev–Trinajstić information content (AvgIpc) is 3.09. The second-order valence-electron chi connectivity index (χ2n) is 4.51. The largest absolute Gasteiger partial charge is 0.378 e. The highest BCUT2D eigenvalue weighted by atomic mass is 16.6. The Morgan fingerprint density at radius 3 is 2.31 bits per heavy atom. The van der Waals surface area contributed by atoms with Crippen LogP contribution in [0.15, 0.2) is 24.3 Å². The summed E-state index contributed by atoms with van der Waals surface area (Å²) in [5.41, 5.74) is 2.65. The predicted octanol–water partition coefficient (Wildman–Crippen LogP) is 2.19. The van der Waals surface area contributed by atoms with E-state index in [0.717, 1.165) is 18.4 Å². The number of aryl methyl sites for hydroxylation is 1. The molecule has 1 aliphatic carbocycles. The molecule has 0 radical (unpaired) electrons. The van der Waals surface area contributed by atoms with Crippen LogP contribution < -0.4 is 5.90 Å². The molecule has 0 unspecified atom stereocenters. The van der Waals surface area contributed by atoms with Gasteiger partial charge in [0.15, 0.2) is 0 Å². The Labute approximate surface area is 96.5 Å². The van der Waals surface area contributed by atoms with Crippen molar-refractivity contribution in [2.75, 3.05) is 7.11 Å². The molecule has 1 aromatic carbocycles. The summed E-state index contributed by atoms with van der Waals surface area (Å²) in [5.74, 6) is 5.02. The third-order valence-electron chi connectivity index (χ3n) is 3.38. The molecule has 0 aromatic heterocycles. The van der Waals surface area contributed by atoms with Gasteiger partial charge in [-0.05, 0) is 36.8 Å². The van der Waals surface area contributed by atoms with Gasteiger partial charge < -0.3 is 4.74 Å². The maximum atomic E-state index is 5.50. The van der Waals surface area contributed by atoms with E-state index in [0.29, 0.717) is 6.61 Å². The van der Waals surface area contributed by atoms with Gasteiger partial charge in [0.05, 0.1) is 12.2 Å². The minimum Gasteiger partial charge on any atom is -0.378 e. The van der Waals surface area contributed by atoms with Gasteiger partial charge in [-0.25, -0.2) is 5.90 Å². The second-order valence-corrected chi connectivity index (χ2v) is 4.51.